The molecule has 3 aromatic rings. The number of hydrogen-bond acceptors (Lipinski definition) is 2. The monoisotopic (exact) mass is 307 g/mol. The Bertz CT molecular complexity index is 809. The van der Waals surface area contributed by atoms with Gasteiger partial charge in [-0.1, -0.05) is 52.6 Å². The van der Waals surface area contributed by atoms with Crippen LogP contribution in [-0.2, 0) is 4.57 Å². The molecule has 1 atom stereocenters. The Kier molecular flexibility index (Phi) is 4.04. The quantitative estimate of drug-likeness (QED) is 0.738. The minimum absolute atomic E-state index is 0.177. The fraction of sp³-hybridized carbons (Fsp3) is 0.0526. The Labute approximate surface area is 130 Å². The SMILES string of the molecule is Cc1ccc(-c2cc(O)ccc2[P+](=O)c2ccccc2)cc1. The predicted octanol–water partition coefficient (Wildman–Crippen LogP) is 4.15. The summed E-state index contributed by atoms with van der Waals surface area (Å²) in [4.78, 5) is 0. The summed E-state index contributed by atoms with van der Waals surface area (Å²) in [6.45, 7) is 2.03. The second-order valence-electron chi connectivity index (χ2n) is 5.20. The van der Waals surface area contributed by atoms with Crippen LogP contribution >= 0.6 is 7.80 Å². The number of rotatable bonds is 3. The largest absolute Gasteiger partial charge is 0.508 e. The van der Waals surface area contributed by atoms with Gasteiger partial charge in [0.1, 0.15) is 5.75 Å². The smallest absolute Gasteiger partial charge is 0.415 e. The molecule has 3 rings (SSSR count). The van der Waals surface area contributed by atoms with Crippen LogP contribution in [0.1, 0.15) is 5.56 Å². The van der Waals surface area contributed by atoms with Crippen molar-refractivity contribution in [2.75, 3.05) is 0 Å². The molecule has 0 radical (unpaired) electrons. The third-order valence-corrected chi connectivity index (χ3v) is 5.15. The standard InChI is InChI=1S/C19H15O2P/c1-14-7-9-15(10-8-14)18-13-16(20)11-12-19(18)22(21)17-5-3-2-4-6-17/h2-13H,1H3/p+1. The Hall–Kier alpha value is -2.44. The average Bonchev–Trinajstić information content (AvgIpc) is 2.56. The Morgan fingerprint density at radius 1 is 0.864 bits per heavy atom. The average molecular weight is 307 g/mol. The molecule has 0 aromatic heterocycles. The lowest BCUT2D eigenvalue weighted by Gasteiger charge is -2.04. The highest BCUT2D eigenvalue weighted by Gasteiger charge is 2.27. The molecule has 3 heteroatoms. The number of benzene rings is 3. The molecule has 0 amide bonds. The maximum absolute atomic E-state index is 12.9. The summed E-state index contributed by atoms with van der Waals surface area (Å²) in [5, 5.41) is 11.3. The van der Waals surface area contributed by atoms with Gasteiger partial charge in [0.2, 0.25) is 5.30 Å². The zero-order valence-electron chi connectivity index (χ0n) is 12.2. The number of aryl methyl sites for hydroxylation is 1. The van der Waals surface area contributed by atoms with Gasteiger partial charge in [-0.25, -0.2) is 0 Å². The molecule has 22 heavy (non-hydrogen) atoms. The summed E-state index contributed by atoms with van der Waals surface area (Å²) in [7, 11) is -1.70. The van der Waals surface area contributed by atoms with Crippen LogP contribution in [0.3, 0.4) is 0 Å². The van der Waals surface area contributed by atoms with Crippen molar-refractivity contribution in [3.8, 4) is 16.9 Å². The van der Waals surface area contributed by atoms with Crippen molar-refractivity contribution in [2.45, 2.75) is 6.92 Å². The van der Waals surface area contributed by atoms with Crippen LogP contribution in [0, 0.1) is 6.92 Å². The van der Waals surface area contributed by atoms with Gasteiger partial charge in [0.05, 0.1) is 0 Å². The highest BCUT2D eigenvalue weighted by molar-refractivity contribution is 7.61. The molecule has 0 fully saturated rings. The minimum Gasteiger partial charge on any atom is -0.508 e. The first-order valence-electron chi connectivity index (χ1n) is 7.07. The van der Waals surface area contributed by atoms with Gasteiger partial charge in [-0.2, -0.15) is 0 Å². The zero-order chi connectivity index (χ0) is 15.5. The van der Waals surface area contributed by atoms with Gasteiger partial charge in [-0.3, -0.25) is 0 Å². The fourth-order valence-electron chi connectivity index (χ4n) is 2.37. The van der Waals surface area contributed by atoms with E-state index in [1.807, 2.05) is 61.5 Å². The van der Waals surface area contributed by atoms with Crippen molar-refractivity contribution in [1.29, 1.82) is 0 Å². The van der Waals surface area contributed by atoms with Crippen molar-refractivity contribution in [3.63, 3.8) is 0 Å². The molecule has 0 aliphatic heterocycles. The van der Waals surface area contributed by atoms with Gasteiger partial charge < -0.3 is 5.11 Å². The van der Waals surface area contributed by atoms with Crippen LogP contribution in [0.4, 0.5) is 0 Å². The zero-order valence-corrected chi connectivity index (χ0v) is 13.1. The Morgan fingerprint density at radius 3 is 2.23 bits per heavy atom. The van der Waals surface area contributed by atoms with E-state index in [4.69, 9.17) is 0 Å². The maximum atomic E-state index is 12.9. The van der Waals surface area contributed by atoms with E-state index in [0.29, 0.717) is 0 Å². The van der Waals surface area contributed by atoms with Gasteiger partial charge in [0.15, 0.2) is 5.30 Å². The summed E-state index contributed by atoms with van der Waals surface area (Å²) in [6.07, 6.45) is 0. The predicted molar refractivity (Wildman–Crippen MR) is 91.6 cm³/mol. The van der Waals surface area contributed by atoms with Crippen LogP contribution in [0.25, 0.3) is 11.1 Å². The molecule has 2 nitrogen and oxygen atoms in total. The molecular weight excluding hydrogens is 291 g/mol. The Balaban J connectivity index is 2.12. The van der Waals surface area contributed by atoms with E-state index in [-0.39, 0.29) is 5.75 Å². The highest BCUT2D eigenvalue weighted by atomic mass is 31.1. The van der Waals surface area contributed by atoms with E-state index in [1.165, 1.54) is 0 Å². The first kappa shape index (κ1) is 14.5. The third kappa shape index (κ3) is 2.93. The van der Waals surface area contributed by atoms with Gasteiger partial charge in [0.25, 0.3) is 0 Å². The molecule has 3 aromatic carbocycles. The number of aromatic hydroxyl groups is 1. The fourth-order valence-corrected chi connectivity index (χ4v) is 3.71. The molecule has 0 saturated heterocycles. The lowest BCUT2D eigenvalue weighted by atomic mass is 10.0. The van der Waals surface area contributed by atoms with Crippen LogP contribution in [0.15, 0.2) is 72.8 Å². The van der Waals surface area contributed by atoms with Gasteiger partial charge in [0, 0.05) is 5.56 Å². The lowest BCUT2D eigenvalue weighted by Crippen LogP contribution is -2.09. The van der Waals surface area contributed by atoms with Gasteiger partial charge >= 0.3 is 7.80 Å². The van der Waals surface area contributed by atoms with Crippen LogP contribution in [-0.4, -0.2) is 5.11 Å². The van der Waals surface area contributed by atoms with E-state index in [0.717, 1.165) is 27.3 Å². The minimum atomic E-state index is -1.70. The molecule has 0 aliphatic carbocycles. The van der Waals surface area contributed by atoms with E-state index in [1.54, 1.807) is 18.2 Å². The molecule has 1 unspecified atom stereocenters. The summed E-state index contributed by atoms with van der Waals surface area (Å²) in [6, 6.07) is 22.4. The van der Waals surface area contributed by atoms with Gasteiger partial charge in [-0.15, -0.1) is 0 Å². The normalized spacial score (nSPS) is 11.2. The second kappa shape index (κ2) is 6.13. The van der Waals surface area contributed by atoms with Crippen molar-refractivity contribution in [2.24, 2.45) is 0 Å². The third-order valence-electron chi connectivity index (χ3n) is 3.55. The molecule has 0 bridgehead atoms. The lowest BCUT2D eigenvalue weighted by molar-refractivity contribution is 0.475. The van der Waals surface area contributed by atoms with Crippen LogP contribution in [0.2, 0.25) is 0 Å². The van der Waals surface area contributed by atoms with Crippen LogP contribution in [0.5, 0.6) is 5.75 Å². The first-order chi connectivity index (χ1) is 10.6. The molecule has 1 N–H and O–H groups in total. The molecule has 108 valence electrons. The van der Waals surface area contributed by atoms with Crippen molar-refractivity contribution in [1.82, 2.24) is 0 Å². The molecule has 0 aliphatic rings. The summed E-state index contributed by atoms with van der Waals surface area (Å²) in [5.41, 5.74) is 2.93. The summed E-state index contributed by atoms with van der Waals surface area (Å²) >= 11 is 0. The number of hydrogen-bond donors (Lipinski definition) is 1. The van der Waals surface area contributed by atoms with Crippen molar-refractivity contribution in [3.05, 3.63) is 78.4 Å². The molecule has 0 saturated carbocycles. The summed E-state index contributed by atoms with van der Waals surface area (Å²) in [5.74, 6) is 0.177. The summed E-state index contributed by atoms with van der Waals surface area (Å²) < 4.78 is 12.9. The number of phenols is 1. The Morgan fingerprint density at radius 2 is 1.55 bits per heavy atom. The maximum Gasteiger partial charge on any atom is 0.415 e. The molecule has 0 heterocycles. The van der Waals surface area contributed by atoms with Crippen molar-refractivity contribution >= 4 is 18.4 Å². The molecular formula is C19H16O2P+. The van der Waals surface area contributed by atoms with E-state index in [2.05, 4.69) is 0 Å². The van der Waals surface area contributed by atoms with E-state index < -0.39 is 7.80 Å². The van der Waals surface area contributed by atoms with Crippen LogP contribution < -0.4 is 10.6 Å². The molecule has 0 spiro atoms. The van der Waals surface area contributed by atoms with E-state index in [9.17, 15) is 9.67 Å². The van der Waals surface area contributed by atoms with E-state index >= 15 is 0 Å². The highest BCUT2D eigenvalue weighted by Crippen LogP contribution is 2.30. The topological polar surface area (TPSA) is 37.3 Å². The number of phenolic OH excluding ortho intramolecular Hbond substituents is 1. The van der Waals surface area contributed by atoms with Gasteiger partial charge in [-0.05, 0) is 42.8 Å². The van der Waals surface area contributed by atoms with Crippen molar-refractivity contribution < 1.29 is 9.67 Å². The first-order valence-corrected chi connectivity index (χ1v) is 8.33. The second-order valence-corrected chi connectivity index (χ2v) is 6.78.